The normalized spacial score (nSPS) is 17.5. The zero-order valence-electron chi connectivity index (χ0n) is 22.6. The quantitative estimate of drug-likeness (QED) is 0.344. The SMILES string of the molecule is CN(C)c1ccc(Oc2cc(O)cc(O)c2-c2cc(C(=O)NC3CCN(C(=O)O)C(C(C)(C)C)C3)on2)cc1. The van der Waals surface area contributed by atoms with Crippen molar-refractivity contribution in [3.63, 3.8) is 0 Å². The fraction of sp³-hybridized carbons (Fsp3) is 0.393. The number of nitrogens with one attached hydrogen (secondary N) is 1. The highest BCUT2D eigenvalue weighted by Gasteiger charge is 2.39. The fourth-order valence-electron chi connectivity index (χ4n) is 4.77. The van der Waals surface area contributed by atoms with Gasteiger partial charge in [-0.05, 0) is 42.5 Å². The molecule has 11 nitrogen and oxygen atoms in total. The lowest BCUT2D eigenvalue weighted by molar-refractivity contribution is 0.0465. The van der Waals surface area contributed by atoms with Crippen LogP contribution in [0, 0.1) is 5.41 Å². The van der Waals surface area contributed by atoms with Crippen LogP contribution >= 0.6 is 0 Å². The van der Waals surface area contributed by atoms with Gasteiger partial charge in [0.05, 0.1) is 5.56 Å². The first-order chi connectivity index (χ1) is 18.3. The van der Waals surface area contributed by atoms with E-state index < -0.39 is 12.0 Å². The Labute approximate surface area is 226 Å². The average Bonchev–Trinajstić information content (AvgIpc) is 3.33. The first-order valence-corrected chi connectivity index (χ1v) is 12.6. The highest BCUT2D eigenvalue weighted by molar-refractivity contribution is 5.93. The Balaban J connectivity index is 1.53. The number of likely N-dealkylation sites (tertiary alicyclic amines) is 1. The van der Waals surface area contributed by atoms with Gasteiger partial charge in [0.1, 0.15) is 28.7 Å². The molecule has 0 radical (unpaired) electrons. The number of nitrogens with zero attached hydrogens (tertiary/aromatic N) is 3. The van der Waals surface area contributed by atoms with Gasteiger partial charge < -0.3 is 39.7 Å². The third kappa shape index (κ3) is 6.19. The number of hydrogen-bond acceptors (Lipinski definition) is 8. The standard InChI is InChI=1S/C28H34N4O7/c1-28(2,3)24-12-16(10-11-32(24)27(36)37)29-26(35)23-15-20(30-39-23)25-21(34)13-18(33)14-22(25)38-19-8-6-17(7-9-19)31(4)5/h6-9,13-16,24,33-34H,10-12H2,1-5H3,(H,29,35)(H,36,37). The third-order valence-electron chi connectivity index (χ3n) is 6.82. The van der Waals surface area contributed by atoms with Crippen molar-refractivity contribution in [2.75, 3.05) is 25.5 Å². The molecule has 2 amide bonds. The summed E-state index contributed by atoms with van der Waals surface area (Å²) < 4.78 is 11.3. The Bertz CT molecular complexity index is 1340. The number of carboxylic acid groups (broad SMARTS) is 1. The highest BCUT2D eigenvalue weighted by atomic mass is 16.5. The smallest absolute Gasteiger partial charge is 0.407 e. The van der Waals surface area contributed by atoms with Crippen LogP contribution < -0.4 is 15.0 Å². The molecule has 1 aromatic heterocycles. The summed E-state index contributed by atoms with van der Waals surface area (Å²) in [7, 11) is 3.84. The molecule has 11 heteroatoms. The molecular weight excluding hydrogens is 504 g/mol. The molecule has 1 saturated heterocycles. The Morgan fingerprint density at radius 2 is 1.82 bits per heavy atom. The van der Waals surface area contributed by atoms with E-state index in [0.717, 1.165) is 11.8 Å². The molecule has 2 aromatic carbocycles. The fourth-order valence-corrected chi connectivity index (χ4v) is 4.77. The Morgan fingerprint density at radius 3 is 2.44 bits per heavy atom. The van der Waals surface area contributed by atoms with Gasteiger partial charge in [-0.15, -0.1) is 0 Å². The van der Waals surface area contributed by atoms with Crippen molar-refractivity contribution in [2.24, 2.45) is 5.41 Å². The van der Waals surface area contributed by atoms with Crippen molar-refractivity contribution < 1.29 is 34.2 Å². The number of hydrogen-bond donors (Lipinski definition) is 4. The summed E-state index contributed by atoms with van der Waals surface area (Å²) >= 11 is 0. The molecule has 2 unspecified atom stereocenters. The van der Waals surface area contributed by atoms with Crippen LogP contribution in [0.25, 0.3) is 11.3 Å². The van der Waals surface area contributed by atoms with Crippen molar-refractivity contribution in [3.8, 4) is 34.3 Å². The third-order valence-corrected chi connectivity index (χ3v) is 6.82. The maximum Gasteiger partial charge on any atom is 0.407 e. The van der Waals surface area contributed by atoms with Gasteiger partial charge in [0.2, 0.25) is 5.76 Å². The summed E-state index contributed by atoms with van der Waals surface area (Å²) in [4.78, 5) is 28.1. The molecular formula is C28H34N4O7. The molecule has 208 valence electrons. The number of ether oxygens (including phenoxy) is 1. The van der Waals surface area contributed by atoms with E-state index in [4.69, 9.17) is 9.26 Å². The van der Waals surface area contributed by atoms with E-state index in [2.05, 4.69) is 10.5 Å². The van der Waals surface area contributed by atoms with Gasteiger partial charge in [-0.3, -0.25) is 4.79 Å². The number of aromatic hydroxyl groups is 2. The van der Waals surface area contributed by atoms with E-state index in [1.807, 2.05) is 51.9 Å². The van der Waals surface area contributed by atoms with Gasteiger partial charge in [0, 0.05) is 56.6 Å². The molecule has 1 aliphatic heterocycles. The van der Waals surface area contributed by atoms with E-state index in [-0.39, 0.29) is 51.8 Å². The number of phenolic OH excluding ortho intramolecular Hbond substituents is 2. The number of benzene rings is 2. The number of piperidine rings is 1. The van der Waals surface area contributed by atoms with Gasteiger partial charge >= 0.3 is 6.09 Å². The van der Waals surface area contributed by atoms with Crippen molar-refractivity contribution in [3.05, 3.63) is 48.2 Å². The number of carbonyl (C=O) groups excluding carboxylic acids is 1. The van der Waals surface area contributed by atoms with Crippen molar-refractivity contribution >= 4 is 17.7 Å². The Hall–Kier alpha value is -4.41. The van der Waals surface area contributed by atoms with Crippen molar-refractivity contribution in [2.45, 2.75) is 45.7 Å². The first-order valence-electron chi connectivity index (χ1n) is 12.6. The predicted octanol–water partition coefficient (Wildman–Crippen LogP) is 4.90. The molecule has 0 aliphatic carbocycles. The second kappa shape index (κ2) is 10.8. The average molecular weight is 539 g/mol. The molecule has 4 N–H and O–H groups in total. The summed E-state index contributed by atoms with van der Waals surface area (Å²) in [5, 5.41) is 37.2. The van der Waals surface area contributed by atoms with E-state index in [0.29, 0.717) is 25.1 Å². The number of amides is 2. The molecule has 2 atom stereocenters. The van der Waals surface area contributed by atoms with E-state index in [1.54, 1.807) is 12.1 Å². The summed E-state index contributed by atoms with van der Waals surface area (Å²) in [5.74, 6) is -0.501. The zero-order valence-corrected chi connectivity index (χ0v) is 22.6. The van der Waals surface area contributed by atoms with E-state index in [9.17, 15) is 24.9 Å². The topological polar surface area (TPSA) is 149 Å². The lowest BCUT2D eigenvalue weighted by atomic mass is 9.79. The van der Waals surface area contributed by atoms with Crippen LogP contribution in [0.5, 0.6) is 23.0 Å². The van der Waals surface area contributed by atoms with Crippen LogP contribution in [-0.4, -0.2) is 70.1 Å². The minimum absolute atomic E-state index is 0.0771. The number of anilines is 1. The maximum absolute atomic E-state index is 13.0. The first kappa shape index (κ1) is 27.6. The molecule has 3 aromatic rings. The minimum atomic E-state index is -0.972. The second-order valence-corrected chi connectivity index (χ2v) is 11.0. The predicted molar refractivity (Wildman–Crippen MR) is 145 cm³/mol. The highest BCUT2D eigenvalue weighted by Crippen LogP contribution is 2.42. The van der Waals surface area contributed by atoms with Crippen molar-refractivity contribution in [1.29, 1.82) is 0 Å². The van der Waals surface area contributed by atoms with Crippen LogP contribution in [-0.2, 0) is 0 Å². The number of rotatable bonds is 6. The molecule has 4 rings (SSSR count). The second-order valence-electron chi connectivity index (χ2n) is 11.0. The summed E-state index contributed by atoms with van der Waals surface area (Å²) in [5.41, 5.74) is 0.956. The lowest BCUT2D eigenvalue weighted by Crippen LogP contribution is -2.56. The lowest BCUT2D eigenvalue weighted by Gasteiger charge is -2.44. The van der Waals surface area contributed by atoms with Crippen LogP contribution in [0.2, 0.25) is 0 Å². The number of phenols is 2. The minimum Gasteiger partial charge on any atom is -0.508 e. The zero-order chi connectivity index (χ0) is 28.5. The van der Waals surface area contributed by atoms with Crippen LogP contribution in [0.1, 0.15) is 44.2 Å². The molecule has 0 spiro atoms. The number of aromatic nitrogens is 1. The van der Waals surface area contributed by atoms with Crippen LogP contribution in [0.4, 0.5) is 10.5 Å². The summed E-state index contributed by atoms with van der Waals surface area (Å²) in [6.07, 6.45) is -0.0409. The van der Waals surface area contributed by atoms with Gasteiger partial charge in [0.15, 0.2) is 0 Å². The van der Waals surface area contributed by atoms with E-state index >= 15 is 0 Å². The molecule has 39 heavy (non-hydrogen) atoms. The molecule has 2 heterocycles. The van der Waals surface area contributed by atoms with Gasteiger partial charge in [0.25, 0.3) is 5.91 Å². The van der Waals surface area contributed by atoms with Crippen molar-refractivity contribution in [1.82, 2.24) is 15.4 Å². The van der Waals surface area contributed by atoms with Crippen LogP contribution in [0.3, 0.4) is 0 Å². The summed E-state index contributed by atoms with van der Waals surface area (Å²) in [6.45, 7) is 6.23. The molecule has 0 saturated carbocycles. The van der Waals surface area contributed by atoms with E-state index in [1.165, 1.54) is 17.0 Å². The maximum atomic E-state index is 13.0. The molecule has 1 fully saturated rings. The largest absolute Gasteiger partial charge is 0.508 e. The molecule has 1 aliphatic rings. The Morgan fingerprint density at radius 1 is 1.13 bits per heavy atom. The monoisotopic (exact) mass is 538 g/mol. The van der Waals surface area contributed by atoms with Gasteiger partial charge in [-0.25, -0.2) is 4.79 Å². The Kier molecular flexibility index (Phi) is 7.62. The number of carbonyl (C=O) groups is 2. The molecule has 0 bridgehead atoms. The van der Waals surface area contributed by atoms with Crippen LogP contribution in [0.15, 0.2) is 47.0 Å². The summed E-state index contributed by atoms with van der Waals surface area (Å²) in [6, 6.07) is 10.6. The van der Waals surface area contributed by atoms with Gasteiger partial charge in [-0.2, -0.15) is 0 Å². The van der Waals surface area contributed by atoms with Gasteiger partial charge in [-0.1, -0.05) is 25.9 Å².